The van der Waals surface area contributed by atoms with Crippen LogP contribution in [0.2, 0.25) is 0 Å². The predicted molar refractivity (Wildman–Crippen MR) is 122 cm³/mol. The number of likely N-dealkylation sites (N-methyl/N-ethyl adjacent to an activating group) is 1. The highest BCUT2D eigenvalue weighted by atomic mass is 32.2. The van der Waals surface area contributed by atoms with E-state index in [1.807, 2.05) is 30.5 Å². The van der Waals surface area contributed by atoms with E-state index in [1.54, 1.807) is 18.4 Å². The maximum atomic E-state index is 12.6. The first-order valence-electron chi connectivity index (χ1n) is 9.19. The van der Waals surface area contributed by atoms with Gasteiger partial charge in [0.1, 0.15) is 15.6 Å². The normalized spacial score (nSPS) is 14.0. The van der Waals surface area contributed by atoms with Gasteiger partial charge in [-0.15, -0.1) is 11.3 Å². The van der Waals surface area contributed by atoms with Crippen molar-refractivity contribution in [2.75, 3.05) is 38.0 Å². The van der Waals surface area contributed by atoms with Crippen molar-refractivity contribution in [1.29, 1.82) is 0 Å². The van der Waals surface area contributed by atoms with Crippen LogP contribution in [-0.2, 0) is 17.8 Å². The number of thioether (sulfide) groups is 2. The van der Waals surface area contributed by atoms with Crippen molar-refractivity contribution in [2.45, 2.75) is 23.1 Å². The molecule has 1 amide bonds. The number of rotatable bonds is 6. The van der Waals surface area contributed by atoms with Gasteiger partial charge in [0.2, 0.25) is 5.91 Å². The van der Waals surface area contributed by atoms with Crippen LogP contribution in [0.15, 0.2) is 34.4 Å². The molecule has 0 unspecified atom stereocenters. The third kappa shape index (κ3) is 4.37. The van der Waals surface area contributed by atoms with Crippen molar-refractivity contribution in [3.05, 3.63) is 34.7 Å². The zero-order valence-corrected chi connectivity index (χ0v) is 19.0. The molecule has 9 heteroatoms. The molecule has 1 aromatic carbocycles. The summed E-state index contributed by atoms with van der Waals surface area (Å²) in [6, 6.07) is 7.42. The standard InChI is InChI=1S/C20H22N4O2S3/c1-24-9-8-12-15(10-24)29-19-17(12)18(22-20(23-19)27-3)28-11-16(25)21-13-6-4-5-7-14(13)26-2/h4-7H,8-11H2,1-3H3,(H,21,25). The molecule has 2 aromatic heterocycles. The van der Waals surface area contributed by atoms with Gasteiger partial charge in [-0.2, -0.15) is 0 Å². The van der Waals surface area contributed by atoms with E-state index in [0.29, 0.717) is 11.4 Å². The molecule has 0 saturated heterocycles. The Kier molecular flexibility index (Phi) is 6.29. The van der Waals surface area contributed by atoms with Gasteiger partial charge in [-0.25, -0.2) is 9.97 Å². The fraction of sp³-hybridized carbons (Fsp3) is 0.350. The Balaban J connectivity index is 1.58. The lowest BCUT2D eigenvalue weighted by molar-refractivity contribution is -0.113. The van der Waals surface area contributed by atoms with Gasteiger partial charge in [0.05, 0.1) is 18.6 Å². The molecule has 0 atom stereocenters. The van der Waals surface area contributed by atoms with Crippen LogP contribution in [0.4, 0.5) is 5.69 Å². The third-order valence-electron chi connectivity index (χ3n) is 4.74. The van der Waals surface area contributed by atoms with Crippen molar-refractivity contribution in [2.24, 2.45) is 0 Å². The molecule has 1 N–H and O–H groups in total. The number of benzene rings is 1. The number of fused-ring (bicyclic) bond motifs is 3. The molecule has 1 aliphatic rings. The summed E-state index contributed by atoms with van der Waals surface area (Å²) in [5, 5.41) is 5.71. The third-order valence-corrected chi connectivity index (χ3v) is 7.37. The van der Waals surface area contributed by atoms with Gasteiger partial charge in [0.25, 0.3) is 0 Å². The van der Waals surface area contributed by atoms with E-state index in [0.717, 1.165) is 39.9 Å². The first-order chi connectivity index (χ1) is 14.1. The van der Waals surface area contributed by atoms with Crippen LogP contribution in [0, 0.1) is 0 Å². The molecule has 1 aliphatic heterocycles. The first-order valence-corrected chi connectivity index (χ1v) is 12.2. The molecule has 0 fully saturated rings. The van der Waals surface area contributed by atoms with Crippen LogP contribution in [0.3, 0.4) is 0 Å². The molecular formula is C20H22N4O2S3. The van der Waals surface area contributed by atoms with E-state index >= 15 is 0 Å². The lowest BCUT2D eigenvalue weighted by Crippen LogP contribution is -2.25. The minimum absolute atomic E-state index is 0.0826. The minimum atomic E-state index is -0.0826. The highest BCUT2D eigenvalue weighted by molar-refractivity contribution is 8.00. The van der Waals surface area contributed by atoms with E-state index in [4.69, 9.17) is 14.7 Å². The van der Waals surface area contributed by atoms with Gasteiger partial charge in [-0.05, 0) is 37.4 Å². The highest BCUT2D eigenvalue weighted by Gasteiger charge is 2.23. The summed E-state index contributed by atoms with van der Waals surface area (Å²) >= 11 is 4.76. The van der Waals surface area contributed by atoms with Gasteiger partial charge in [0, 0.05) is 23.4 Å². The molecule has 6 nitrogen and oxygen atoms in total. The van der Waals surface area contributed by atoms with Crippen molar-refractivity contribution >= 4 is 56.7 Å². The molecule has 29 heavy (non-hydrogen) atoms. The van der Waals surface area contributed by atoms with Gasteiger partial charge in [-0.1, -0.05) is 35.7 Å². The second kappa shape index (κ2) is 8.91. The fourth-order valence-electron chi connectivity index (χ4n) is 3.33. The number of anilines is 1. The van der Waals surface area contributed by atoms with Crippen molar-refractivity contribution in [3.63, 3.8) is 0 Å². The monoisotopic (exact) mass is 446 g/mol. The molecule has 3 heterocycles. The SMILES string of the molecule is COc1ccccc1NC(=O)CSc1nc(SC)nc2sc3c(c12)CCN(C)C3. The van der Waals surface area contributed by atoms with Gasteiger partial charge < -0.3 is 15.0 Å². The second-order valence-electron chi connectivity index (χ2n) is 6.72. The van der Waals surface area contributed by atoms with Crippen LogP contribution in [0.25, 0.3) is 10.2 Å². The summed E-state index contributed by atoms with van der Waals surface area (Å²) in [5.41, 5.74) is 2.03. The Morgan fingerprint density at radius 3 is 2.97 bits per heavy atom. The maximum absolute atomic E-state index is 12.6. The van der Waals surface area contributed by atoms with E-state index in [1.165, 1.54) is 34.0 Å². The number of carbonyl (C=O) groups excluding carboxylic acids is 1. The van der Waals surface area contributed by atoms with Gasteiger partial charge in [0.15, 0.2) is 5.16 Å². The predicted octanol–water partition coefficient (Wildman–Crippen LogP) is 4.14. The minimum Gasteiger partial charge on any atom is -0.495 e. The van der Waals surface area contributed by atoms with E-state index in [2.05, 4.69) is 17.3 Å². The second-order valence-corrected chi connectivity index (χ2v) is 9.55. The molecule has 0 aliphatic carbocycles. The Morgan fingerprint density at radius 2 is 2.17 bits per heavy atom. The molecule has 0 bridgehead atoms. The lowest BCUT2D eigenvalue weighted by atomic mass is 10.1. The van der Waals surface area contributed by atoms with Gasteiger partial charge in [-0.3, -0.25) is 4.79 Å². The molecule has 0 saturated carbocycles. The van der Waals surface area contributed by atoms with Crippen molar-refractivity contribution in [3.8, 4) is 5.75 Å². The fourth-order valence-corrected chi connectivity index (χ4v) is 6.03. The first kappa shape index (κ1) is 20.5. The molecule has 152 valence electrons. The number of nitrogens with zero attached hydrogens (tertiary/aromatic N) is 3. The summed E-state index contributed by atoms with van der Waals surface area (Å²) in [6.45, 7) is 1.98. The molecular weight excluding hydrogens is 424 g/mol. The average Bonchev–Trinajstić information content (AvgIpc) is 3.09. The highest BCUT2D eigenvalue weighted by Crippen LogP contribution is 2.39. The maximum Gasteiger partial charge on any atom is 0.234 e. The molecule has 0 spiro atoms. The number of thiophene rings is 1. The number of hydrogen-bond acceptors (Lipinski definition) is 8. The summed E-state index contributed by atoms with van der Waals surface area (Å²) in [6.07, 6.45) is 2.97. The number of carbonyl (C=O) groups is 1. The summed E-state index contributed by atoms with van der Waals surface area (Å²) in [5.74, 6) is 0.847. The number of para-hydroxylation sites is 2. The van der Waals surface area contributed by atoms with Crippen LogP contribution in [0.5, 0.6) is 5.75 Å². The number of nitrogens with one attached hydrogen (secondary N) is 1. The number of hydrogen-bond donors (Lipinski definition) is 1. The Morgan fingerprint density at radius 1 is 1.34 bits per heavy atom. The average molecular weight is 447 g/mol. The van der Waals surface area contributed by atoms with Crippen molar-refractivity contribution < 1.29 is 9.53 Å². The van der Waals surface area contributed by atoms with Crippen LogP contribution < -0.4 is 10.1 Å². The van der Waals surface area contributed by atoms with E-state index in [9.17, 15) is 4.79 Å². The zero-order chi connectivity index (χ0) is 20.4. The Bertz CT molecular complexity index is 1050. The zero-order valence-electron chi connectivity index (χ0n) is 16.5. The summed E-state index contributed by atoms with van der Waals surface area (Å²) < 4.78 is 5.31. The number of amides is 1. The number of aromatic nitrogens is 2. The largest absolute Gasteiger partial charge is 0.495 e. The quantitative estimate of drug-likeness (QED) is 0.347. The number of methoxy groups -OCH3 is 1. The van der Waals surface area contributed by atoms with Crippen molar-refractivity contribution in [1.82, 2.24) is 14.9 Å². The van der Waals surface area contributed by atoms with E-state index < -0.39 is 0 Å². The van der Waals surface area contributed by atoms with Crippen LogP contribution >= 0.6 is 34.9 Å². The number of ether oxygens (including phenoxy) is 1. The van der Waals surface area contributed by atoms with Crippen LogP contribution in [0.1, 0.15) is 10.4 Å². The molecule has 4 rings (SSSR count). The van der Waals surface area contributed by atoms with E-state index in [-0.39, 0.29) is 11.7 Å². The topological polar surface area (TPSA) is 67.3 Å². The smallest absolute Gasteiger partial charge is 0.234 e. The Hall–Kier alpha value is -1.81. The summed E-state index contributed by atoms with van der Waals surface area (Å²) in [4.78, 5) is 26.7. The summed E-state index contributed by atoms with van der Waals surface area (Å²) in [7, 11) is 3.74. The molecule has 3 aromatic rings. The Labute approximate surface area is 182 Å². The molecule has 0 radical (unpaired) electrons. The van der Waals surface area contributed by atoms with Gasteiger partial charge >= 0.3 is 0 Å². The van der Waals surface area contributed by atoms with Crippen LogP contribution in [-0.4, -0.2) is 53.5 Å². The lowest BCUT2D eigenvalue weighted by Gasteiger charge is -2.22.